The Kier molecular flexibility index (Phi) is 6.37. The molecule has 2 aromatic carbocycles. The van der Waals surface area contributed by atoms with E-state index in [9.17, 15) is 14.7 Å². The van der Waals surface area contributed by atoms with Crippen molar-refractivity contribution in [2.45, 2.75) is 32.7 Å². The summed E-state index contributed by atoms with van der Waals surface area (Å²) >= 11 is 0. The highest BCUT2D eigenvalue weighted by Gasteiger charge is 2.42. The summed E-state index contributed by atoms with van der Waals surface area (Å²) in [4.78, 5) is 27.3. The van der Waals surface area contributed by atoms with Gasteiger partial charge in [0.15, 0.2) is 11.5 Å². The molecule has 1 heterocycles. The molecule has 152 valence electrons. The highest BCUT2D eigenvalue weighted by molar-refractivity contribution is 6.09. The number of hydrogen-bond acceptors (Lipinski definition) is 4. The zero-order valence-electron chi connectivity index (χ0n) is 17.1. The number of nitrogens with zero attached hydrogens (tertiary/aromatic N) is 1. The van der Waals surface area contributed by atoms with Crippen molar-refractivity contribution >= 4 is 11.7 Å². The summed E-state index contributed by atoms with van der Waals surface area (Å²) in [5.41, 5.74) is 2.09. The van der Waals surface area contributed by atoms with Crippen molar-refractivity contribution < 1.29 is 19.4 Å². The number of methoxy groups -OCH3 is 1. The number of benzene rings is 2. The van der Waals surface area contributed by atoms with Gasteiger partial charge in [-0.15, -0.1) is 0 Å². The van der Waals surface area contributed by atoms with Crippen LogP contribution in [0.3, 0.4) is 0 Å². The Bertz CT molecular complexity index is 900. The van der Waals surface area contributed by atoms with Crippen molar-refractivity contribution in [3.8, 4) is 5.75 Å². The summed E-state index contributed by atoms with van der Waals surface area (Å²) in [5.74, 6) is -0.165. The predicted octanol–water partition coefficient (Wildman–Crippen LogP) is 4.25. The van der Waals surface area contributed by atoms with Gasteiger partial charge in [0.2, 0.25) is 0 Å². The lowest BCUT2D eigenvalue weighted by molar-refractivity contribution is -0.129. The van der Waals surface area contributed by atoms with Gasteiger partial charge in [0, 0.05) is 13.0 Å². The van der Waals surface area contributed by atoms with Crippen molar-refractivity contribution in [3.63, 3.8) is 0 Å². The van der Waals surface area contributed by atoms with Gasteiger partial charge in [0.05, 0.1) is 18.7 Å². The monoisotopic (exact) mass is 393 g/mol. The number of carbonyl (C=O) groups is 2. The molecule has 1 N–H and O–H groups in total. The lowest BCUT2D eigenvalue weighted by Gasteiger charge is -2.27. The molecule has 1 aliphatic rings. The second-order valence-corrected chi connectivity index (χ2v) is 7.69. The quantitative estimate of drug-likeness (QED) is 0.728. The van der Waals surface area contributed by atoms with Crippen LogP contribution in [0.5, 0.6) is 5.75 Å². The van der Waals surface area contributed by atoms with Crippen molar-refractivity contribution in [2.24, 2.45) is 5.92 Å². The molecule has 1 amide bonds. The Hall–Kier alpha value is -3.08. The summed E-state index contributed by atoms with van der Waals surface area (Å²) in [6.07, 6.45) is 0.903. The molecule has 0 aromatic heterocycles. The van der Waals surface area contributed by atoms with Crippen LogP contribution in [0.15, 0.2) is 65.9 Å². The van der Waals surface area contributed by atoms with Crippen molar-refractivity contribution in [1.29, 1.82) is 0 Å². The molecule has 0 aliphatic carbocycles. The first-order valence-electron chi connectivity index (χ1n) is 9.87. The molecule has 5 heteroatoms. The number of Topliss-reactive ketones (excluding diaryl/α,β-unsaturated/α-hetero) is 1. The average Bonchev–Trinajstić information content (AvgIpc) is 2.97. The average molecular weight is 393 g/mol. The van der Waals surface area contributed by atoms with Gasteiger partial charge in [0.25, 0.3) is 5.91 Å². The van der Waals surface area contributed by atoms with E-state index in [0.717, 1.165) is 16.9 Å². The van der Waals surface area contributed by atoms with E-state index in [4.69, 9.17) is 4.74 Å². The smallest absolute Gasteiger partial charge is 0.290 e. The molecule has 0 radical (unpaired) electrons. The highest BCUT2D eigenvalue weighted by Crippen LogP contribution is 2.38. The van der Waals surface area contributed by atoms with E-state index in [1.807, 2.05) is 68.4 Å². The van der Waals surface area contributed by atoms with Crippen molar-refractivity contribution in [3.05, 3.63) is 77.1 Å². The molecular formula is C24H27NO4. The molecule has 0 fully saturated rings. The first-order chi connectivity index (χ1) is 13.9. The number of ether oxygens (including phenoxy) is 1. The normalized spacial score (nSPS) is 16.6. The Morgan fingerprint density at radius 1 is 1.10 bits per heavy atom. The minimum atomic E-state index is -0.562. The van der Waals surface area contributed by atoms with Crippen LogP contribution in [0.4, 0.5) is 0 Å². The first kappa shape index (κ1) is 20.6. The van der Waals surface area contributed by atoms with Crippen molar-refractivity contribution in [2.75, 3.05) is 13.7 Å². The fraction of sp³-hybridized carbons (Fsp3) is 0.333. The SMILES string of the molecule is COc1ccc(CCN2C(=O)C(O)=C(C(=O)CC(C)C)C2c2ccccc2)cc1. The van der Waals surface area contributed by atoms with Crippen LogP contribution in [-0.4, -0.2) is 35.4 Å². The molecule has 2 aromatic rings. The molecule has 0 saturated heterocycles. The van der Waals surface area contributed by atoms with Gasteiger partial charge in [-0.2, -0.15) is 0 Å². The van der Waals surface area contributed by atoms with E-state index in [2.05, 4.69) is 0 Å². The summed E-state index contributed by atoms with van der Waals surface area (Å²) in [6.45, 7) is 4.30. The second kappa shape index (κ2) is 8.95. The zero-order valence-corrected chi connectivity index (χ0v) is 17.1. The molecular weight excluding hydrogens is 366 g/mol. The Morgan fingerprint density at radius 3 is 2.34 bits per heavy atom. The zero-order chi connectivity index (χ0) is 21.0. The number of aliphatic hydroxyl groups excluding tert-OH is 1. The van der Waals surface area contributed by atoms with E-state index >= 15 is 0 Å². The number of rotatable bonds is 8. The Labute approximate surface area is 171 Å². The lowest BCUT2D eigenvalue weighted by Crippen LogP contribution is -2.33. The van der Waals surface area contributed by atoms with Crippen LogP contribution in [-0.2, 0) is 16.0 Å². The van der Waals surface area contributed by atoms with E-state index in [0.29, 0.717) is 19.4 Å². The molecule has 0 spiro atoms. The first-order valence-corrected chi connectivity index (χ1v) is 9.87. The van der Waals surface area contributed by atoms with Gasteiger partial charge in [-0.1, -0.05) is 56.3 Å². The third-order valence-corrected chi connectivity index (χ3v) is 5.11. The van der Waals surface area contributed by atoms with Gasteiger partial charge in [0.1, 0.15) is 5.75 Å². The number of amides is 1. The molecule has 29 heavy (non-hydrogen) atoms. The van der Waals surface area contributed by atoms with Gasteiger partial charge in [-0.25, -0.2) is 0 Å². The van der Waals surface area contributed by atoms with Gasteiger partial charge in [-0.05, 0) is 35.6 Å². The van der Waals surface area contributed by atoms with E-state index < -0.39 is 17.7 Å². The molecule has 0 bridgehead atoms. The molecule has 0 saturated carbocycles. The molecule has 1 unspecified atom stereocenters. The van der Waals surface area contributed by atoms with Crippen LogP contribution in [0.2, 0.25) is 0 Å². The number of hydrogen-bond donors (Lipinski definition) is 1. The topological polar surface area (TPSA) is 66.8 Å². The number of ketones is 1. The molecule has 3 rings (SSSR count). The summed E-state index contributed by atoms with van der Waals surface area (Å²) < 4.78 is 5.18. The predicted molar refractivity (Wildman–Crippen MR) is 112 cm³/mol. The lowest BCUT2D eigenvalue weighted by atomic mass is 9.92. The van der Waals surface area contributed by atoms with Crippen LogP contribution >= 0.6 is 0 Å². The molecule has 1 aliphatic heterocycles. The Morgan fingerprint density at radius 2 is 1.76 bits per heavy atom. The fourth-order valence-electron chi connectivity index (χ4n) is 3.67. The maximum Gasteiger partial charge on any atom is 0.290 e. The number of carbonyl (C=O) groups excluding carboxylic acids is 2. The van der Waals surface area contributed by atoms with Crippen LogP contribution in [0, 0.1) is 5.92 Å². The van der Waals surface area contributed by atoms with Gasteiger partial charge >= 0.3 is 0 Å². The standard InChI is InChI=1S/C24H27NO4/c1-16(2)15-20(26)21-22(18-7-5-4-6-8-18)25(24(28)23(21)27)14-13-17-9-11-19(29-3)12-10-17/h4-12,16,22,27H,13-15H2,1-3H3. The van der Waals surface area contributed by atoms with Crippen LogP contribution < -0.4 is 4.74 Å². The fourth-order valence-corrected chi connectivity index (χ4v) is 3.67. The maximum atomic E-state index is 12.9. The number of aliphatic hydroxyl groups is 1. The van der Waals surface area contributed by atoms with Crippen molar-refractivity contribution in [1.82, 2.24) is 4.90 Å². The summed E-state index contributed by atoms with van der Waals surface area (Å²) in [7, 11) is 1.62. The Balaban J connectivity index is 1.88. The van der Waals surface area contributed by atoms with E-state index in [1.54, 1.807) is 12.0 Å². The largest absolute Gasteiger partial charge is 0.503 e. The minimum Gasteiger partial charge on any atom is -0.503 e. The molecule has 1 atom stereocenters. The summed E-state index contributed by atoms with van der Waals surface area (Å²) in [6, 6.07) is 16.5. The maximum absolute atomic E-state index is 12.9. The van der Waals surface area contributed by atoms with E-state index in [-0.39, 0.29) is 17.3 Å². The summed E-state index contributed by atoms with van der Waals surface area (Å²) in [5, 5.41) is 10.6. The minimum absolute atomic E-state index is 0.141. The third-order valence-electron chi connectivity index (χ3n) is 5.11. The van der Waals surface area contributed by atoms with Crippen LogP contribution in [0.1, 0.15) is 37.4 Å². The van der Waals surface area contributed by atoms with Crippen LogP contribution in [0.25, 0.3) is 0 Å². The van der Waals surface area contributed by atoms with E-state index in [1.165, 1.54) is 0 Å². The van der Waals surface area contributed by atoms with Gasteiger partial charge < -0.3 is 14.7 Å². The van der Waals surface area contributed by atoms with Gasteiger partial charge in [-0.3, -0.25) is 9.59 Å². The second-order valence-electron chi connectivity index (χ2n) is 7.69. The molecule has 5 nitrogen and oxygen atoms in total. The third kappa shape index (κ3) is 4.50. The highest BCUT2D eigenvalue weighted by atomic mass is 16.5.